The lowest BCUT2D eigenvalue weighted by atomic mass is 9.90. The van der Waals surface area contributed by atoms with Gasteiger partial charge in [0.1, 0.15) is 6.04 Å². The van der Waals surface area contributed by atoms with Crippen molar-refractivity contribution in [1.29, 1.82) is 0 Å². The summed E-state index contributed by atoms with van der Waals surface area (Å²) in [6, 6.07) is 9.04. The molecule has 5 rings (SSSR count). The zero-order chi connectivity index (χ0) is 22.9. The van der Waals surface area contributed by atoms with Crippen LogP contribution in [0.15, 0.2) is 30.3 Å². The molecule has 1 N–H and O–H groups in total. The molecular weight excluding hydrogens is 424 g/mol. The third-order valence-corrected chi connectivity index (χ3v) is 6.04. The van der Waals surface area contributed by atoms with Crippen molar-refractivity contribution in [1.82, 2.24) is 30.4 Å². The first-order valence-electron chi connectivity index (χ1n) is 11.0. The van der Waals surface area contributed by atoms with E-state index in [2.05, 4.69) is 25.7 Å². The summed E-state index contributed by atoms with van der Waals surface area (Å²) in [4.78, 5) is 14.5. The SMILES string of the molecule is CCCNC(=O)c1ccc(-n2nnnc2C2c3c(cc4c(c3OC)OCO4)CCN2C)cc1. The van der Waals surface area contributed by atoms with Crippen LogP contribution >= 0.6 is 0 Å². The van der Waals surface area contributed by atoms with Gasteiger partial charge in [0.25, 0.3) is 5.91 Å². The van der Waals surface area contributed by atoms with Crippen LogP contribution < -0.4 is 19.5 Å². The van der Waals surface area contributed by atoms with Crippen LogP contribution in [0.4, 0.5) is 0 Å². The Morgan fingerprint density at radius 3 is 2.85 bits per heavy atom. The molecule has 0 bridgehead atoms. The molecule has 2 aliphatic heterocycles. The van der Waals surface area contributed by atoms with E-state index in [1.165, 1.54) is 0 Å². The minimum Gasteiger partial charge on any atom is -0.492 e. The Balaban J connectivity index is 1.54. The molecule has 3 heterocycles. The molecule has 2 aliphatic rings. The van der Waals surface area contributed by atoms with Crippen LogP contribution in [-0.4, -0.2) is 65.1 Å². The molecule has 1 aromatic heterocycles. The number of likely N-dealkylation sites (N-methyl/N-ethyl adjacent to an activating group) is 1. The normalized spacial score (nSPS) is 17.0. The fourth-order valence-electron chi connectivity index (χ4n) is 4.40. The van der Waals surface area contributed by atoms with E-state index in [0.29, 0.717) is 35.2 Å². The molecular formula is C23H26N6O4. The van der Waals surface area contributed by atoms with E-state index in [0.717, 1.165) is 36.2 Å². The highest BCUT2D eigenvalue weighted by atomic mass is 16.7. The standard InChI is InChI=1S/C23H26N6O4/c1-4-10-24-23(30)14-5-7-16(8-6-14)29-22(25-26-27-29)19-18-15(9-11-28(19)2)12-17-20(21(18)31-3)33-13-32-17/h5-8,12,19H,4,9-11,13H2,1-3H3,(H,24,30). The quantitative estimate of drug-likeness (QED) is 0.609. The number of tetrazole rings is 1. The first kappa shape index (κ1) is 21.2. The molecule has 10 nitrogen and oxygen atoms in total. The zero-order valence-electron chi connectivity index (χ0n) is 18.9. The number of fused-ring (bicyclic) bond motifs is 2. The van der Waals surface area contributed by atoms with E-state index in [9.17, 15) is 4.79 Å². The number of hydrogen-bond donors (Lipinski definition) is 1. The number of rotatable bonds is 6. The zero-order valence-corrected chi connectivity index (χ0v) is 18.9. The highest BCUT2D eigenvalue weighted by Gasteiger charge is 2.37. The van der Waals surface area contributed by atoms with Crippen LogP contribution in [0.25, 0.3) is 5.69 Å². The second kappa shape index (κ2) is 8.70. The predicted molar refractivity (Wildman–Crippen MR) is 119 cm³/mol. The third-order valence-electron chi connectivity index (χ3n) is 6.04. The van der Waals surface area contributed by atoms with Crippen LogP contribution in [0, 0.1) is 0 Å². The van der Waals surface area contributed by atoms with Gasteiger partial charge in [-0.05, 0) is 66.2 Å². The van der Waals surface area contributed by atoms with Crippen molar-refractivity contribution in [3.63, 3.8) is 0 Å². The first-order chi connectivity index (χ1) is 16.1. The number of amides is 1. The number of carbonyl (C=O) groups is 1. The van der Waals surface area contributed by atoms with Crippen LogP contribution in [-0.2, 0) is 6.42 Å². The van der Waals surface area contributed by atoms with E-state index >= 15 is 0 Å². The summed E-state index contributed by atoms with van der Waals surface area (Å²) in [5.41, 5.74) is 3.46. The molecule has 1 unspecified atom stereocenters. The fraction of sp³-hybridized carbons (Fsp3) is 0.391. The van der Waals surface area contributed by atoms with Crippen molar-refractivity contribution in [2.75, 3.05) is 34.0 Å². The number of benzene rings is 2. The highest BCUT2D eigenvalue weighted by Crippen LogP contribution is 2.50. The molecule has 0 radical (unpaired) electrons. The summed E-state index contributed by atoms with van der Waals surface area (Å²) in [5.74, 6) is 2.51. The van der Waals surface area contributed by atoms with Crippen molar-refractivity contribution < 1.29 is 19.0 Å². The molecule has 172 valence electrons. The Labute approximate surface area is 191 Å². The summed E-state index contributed by atoms with van der Waals surface area (Å²) < 4.78 is 18.8. The maximum atomic E-state index is 12.3. The molecule has 0 saturated carbocycles. The fourth-order valence-corrected chi connectivity index (χ4v) is 4.40. The first-order valence-corrected chi connectivity index (χ1v) is 11.0. The van der Waals surface area contributed by atoms with E-state index in [1.54, 1.807) is 23.9 Å². The summed E-state index contributed by atoms with van der Waals surface area (Å²) >= 11 is 0. The molecule has 1 atom stereocenters. The van der Waals surface area contributed by atoms with E-state index in [1.807, 2.05) is 32.2 Å². The molecule has 2 aromatic carbocycles. The van der Waals surface area contributed by atoms with Crippen molar-refractivity contribution >= 4 is 5.91 Å². The Hall–Kier alpha value is -3.66. The summed E-state index contributed by atoms with van der Waals surface area (Å²) in [7, 11) is 3.67. The number of nitrogens with one attached hydrogen (secondary N) is 1. The molecule has 0 fully saturated rings. The monoisotopic (exact) mass is 450 g/mol. The molecule has 0 aliphatic carbocycles. The van der Waals surface area contributed by atoms with E-state index < -0.39 is 0 Å². The smallest absolute Gasteiger partial charge is 0.251 e. The van der Waals surface area contributed by atoms with Gasteiger partial charge in [0, 0.05) is 24.2 Å². The van der Waals surface area contributed by atoms with E-state index in [-0.39, 0.29) is 18.7 Å². The lowest BCUT2D eigenvalue weighted by Crippen LogP contribution is -2.35. The van der Waals surface area contributed by atoms with Crippen LogP contribution in [0.3, 0.4) is 0 Å². The highest BCUT2D eigenvalue weighted by molar-refractivity contribution is 5.94. The molecule has 33 heavy (non-hydrogen) atoms. The Bertz CT molecular complexity index is 1180. The largest absolute Gasteiger partial charge is 0.492 e. The van der Waals surface area contributed by atoms with Gasteiger partial charge in [-0.25, -0.2) is 0 Å². The second-order valence-corrected chi connectivity index (χ2v) is 8.10. The average molecular weight is 450 g/mol. The average Bonchev–Trinajstić information content (AvgIpc) is 3.51. The topological polar surface area (TPSA) is 104 Å². The van der Waals surface area contributed by atoms with Gasteiger partial charge in [-0.2, -0.15) is 4.68 Å². The maximum absolute atomic E-state index is 12.3. The van der Waals surface area contributed by atoms with Crippen LogP contribution in [0.1, 0.15) is 46.7 Å². The number of aromatic nitrogens is 4. The van der Waals surface area contributed by atoms with E-state index in [4.69, 9.17) is 14.2 Å². The van der Waals surface area contributed by atoms with Crippen molar-refractivity contribution in [2.24, 2.45) is 0 Å². The molecule has 10 heteroatoms. The van der Waals surface area contributed by atoms with Crippen LogP contribution in [0.2, 0.25) is 0 Å². The lowest BCUT2D eigenvalue weighted by Gasteiger charge is -2.34. The summed E-state index contributed by atoms with van der Waals surface area (Å²) in [6.07, 6.45) is 1.73. The van der Waals surface area contributed by atoms with Crippen LogP contribution in [0.5, 0.6) is 17.2 Å². The molecule has 0 spiro atoms. The van der Waals surface area contributed by atoms with Gasteiger partial charge >= 0.3 is 0 Å². The van der Waals surface area contributed by atoms with Gasteiger partial charge in [0.05, 0.1) is 12.8 Å². The molecule has 3 aromatic rings. The summed E-state index contributed by atoms with van der Waals surface area (Å²) in [5, 5.41) is 15.5. The number of hydrogen-bond acceptors (Lipinski definition) is 8. The van der Waals surface area contributed by atoms with Crippen molar-refractivity contribution in [2.45, 2.75) is 25.8 Å². The summed E-state index contributed by atoms with van der Waals surface area (Å²) in [6.45, 7) is 3.66. The number of carbonyl (C=O) groups excluding carboxylic acids is 1. The predicted octanol–water partition coefficient (Wildman–Crippen LogP) is 2.12. The molecule has 0 saturated heterocycles. The van der Waals surface area contributed by atoms with Crippen molar-refractivity contribution in [3.8, 4) is 22.9 Å². The minimum absolute atomic E-state index is 0.0953. The lowest BCUT2D eigenvalue weighted by molar-refractivity contribution is 0.0953. The second-order valence-electron chi connectivity index (χ2n) is 8.10. The van der Waals surface area contributed by atoms with Gasteiger partial charge in [-0.3, -0.25) is 9.69 Å². The van der Waals surface area contributed by atoms with Gasteiger partial charge in [0.15, 0.2) is 17.3 Å². The van der Waals surface area contributed by atoms with Gasteiger partial charge < -0.3 is 19.5 Å². The Morgan fingerprint density at radius 2 is 2.09 bits per heavy atom. The Morgan fingerprint density at radius 1 is 1.27 bits per heavy atom. The third kappa shape index (κ3) is 3.66. The number of methoxy groups -OCH3 is 1. The van der Waals surface area contributed by atoms with Gasteiger partial charge in [-0.15, -0.1) is 5.10 Å². The Kier molecular flexibility index (Phi) is 5.59. The van der Waals surface area contributed by atoms with Crippen molar-refractivity contribution in [3.05, 3.63) is 52.8 Å². The maximum Gasteiger partial charge on any atom is 0.251 e. The molecule has 1 amide bonds. The number of nitrogens with zero attached hydrogens (tertiary/aromatic N) is 5. The minimum atomic E-state index is -0.249. The van der Waals surface area contributed by atoms with Gasteiger partial charge in [-0.1, -0.05) is 6.92 Å². The van der Waals surface area contributed by atoms with Gasteiger partial charge in [0.2, 0.25) is 12.5 Å². The number of ether oxygens (including phenoxy) is 3.